The number of carbonyl (C=O) groups excluding carboxylic acids is 2. The second-order valence-electron chi connectivity index (χ2n) is 7.23. The van der Waals surface area contributed by atoms with Gasteiger partial charge in [-0.1, -0.05) is 42.8 Å². The molecular weight excluding hydrogens is 324 g/mol. The van der Waals surface area contributed by atoms with Crippen LogP contribution in [0.25, 0.3) is 0 Å². The van der Waals surface area contributed by atoms with Gasteiger partial charge < -0.3 is 10.2 Å². The standard InChI is InChI=1S/C22H26N2O2/c1-16-9-11-24(12-10-16)22(26)20-8-4-7-19(14-20)21(25)23-15-18-6-3-5-17(2)13-18/h3-8,13-14,16H,9-12,15H2,1-2H3,(H,23,25). The van der Waals surface area contributed by atoms with Gasteiger partial charge in [0.1, 0.15) is 0 Å². The molecule has 0 radical (unpaired) electrons. The summed E-state index contributed by atoms with van der Waals surface area (Å²) < 4.78 is 0. The smallest absolute Gasteiger partial charge is 0.253 e. The number of nitrogens with zero attached hydrogens (tertiary/aromatic N) is 1. The first-order valence-electron chi connectivity index (χ1n) is 9.26. The summed E-state index contributed by atoms with van der Waals surface area (Å²) >= 11 is 0. The van der Waals surface area contributed by atoms with Crippen molar-refractivity contribution in [3.05, 3.63) is 70.8 Å². The van der Waals surface area contributed by atoms with Crippen LogP contribution in [-0.4, -0.2) is 29.8 Å². The SMILES string of the molecule is Cc1cccc(CNC(=O)c2cccc(C(=O)N3CCC(C)CC3)c2)c1. The molecular formula is C22H26N2O2. The number of piperidine rings is 1. The van der Waals surface area contributed by atoms with Crippen LogP contribution in [0.4, 0.5) is 0 Å². The topological polar surface area (TPSA) is 49.4 Å². The number of amides is 2. The minimum Gasteiger partial charge on any atom is -0.348 e. The molecule has 1 N–H and O–H groups in total. The van der Waals surface area contributed by atoms with Gasteiger partial charge >= 0.3 is 0 Å². The molecule has 2 aromatic carbocycles. The van der Waals surface area contributed by atoms with Crippen molar-refractivity contribution in [1.82, 2.24) is 10.2 Å². The van der Waals surface area contributed by atoms with E-state index in [-0.39, 0.29) is 11.8 Å². The Morgan fingerprint density at radius 2 is 1.73 bits per heavy atom. The summed E-state index contributed by atoms with van der Waals surface area (Å²) in [6.45, 7) is 6.32. The van der Waals surface area contributed by atoms with Crippen molar-refractivity contribution < 1.29 is 9.59 Å². The largest absolute Gasteiger partial charge is 0.348 e. The molecule has 0 saturated carbocycles. The van der Waals surface area contributed by atoms with E-state index in [1.165, 1.54) is 5.56 Å². The molecule has 1 aliphatic rings. The van der Waals surface area contributed by atoms with Crippen LogP contribution in [-0.2, 0) is 6.54 Å². The zero-order valence-electron chi connectivity index (χ0n) is 15.5. The van der Waals surface area contributed by atoms with Crippen LogP contribution < -0.4 is 5.32 Å². The first-order chi connectivity index (χ1) is 12.5. The van der Waals surface area contributed by atoms with Gasteiger partial charge in [0.2, 0.25) is 0 Å². The highest BCUT2D eigenvalue weighted by atomic mass is 16.2. The monoisotopic (exact) mass is 350 g/mol. The summed E-state index contributed by atoms with van der Waals surface area (Å²) in [5.41, 5.74) is 3.34. The van der Waals surface area contributed by atoms with E-state index in [4.69, 9.17) is 0 Å². The van der Waals surface area contributed by atoms with Crippen molar-refractivity contribution in [3.63, 3.8) is 0 Å². The zero-order valence-corrected chi connectivity index (χ0v) is 15.5. The molecule has 1 aliphatic heterocycles. The summed E-state index contributed by atoms with van der Waals surface area (Å²) in [5.74, 6) is 0.538. The third kappa shape index (κ3) is 4.51. The van der Waals surface area contributed by atoms with Crippen LogP contribution >= 0.6 is 0 Å². The van der Waals surface area contributed by atoms with Gasteiger partial charge in [0.15, 0.2) is 0 Å². The number of nitrogens with one attached hydrogen (secondary N) is 1. The van der Waals surface area contributed by atoms with E-state index < -0.39 is 0 Å². The van der Waals surface area contributed by atoms with Gasteiger partial charge in [-0.25, -0.2) is 0 Å². The highest BCUT2D eigenvalue weighted by Gasteiger charge is 2.22. The summed E-state index contributed by atoms with van der Waals surface area (Å²) in [4.78, 5) is 27.0. The lowest BCUT2D eigenvalue weighted by Crippen LogP contribution is -2.38. The number of benzene rings is 2. The highest BCUT2D eigenvalue weighted by Crippen LogP contribution is 2.18. The van der Waals surface area contributed by atoms with Crippen LogP contribution in [0.1, 0.15) is 51.6 Å². The quantitative estimate of drug-likeness (QED) is 0.912. The molecule has 2 aromatic rings. The lowest BCUT2D eigenvalue weighted by molar-refractivity contribution is 0.0697. The Morgan fingerprint density at radius 1 is 1.04 bits per heavy atom. The average molecular weight is 350 g/mol. The van der Waals surface area contributed by atoms with Gasteiger partial charge in [0.25, 0.3) is 11.8 Å². The second-order valence-corrected chi connectivity index (χ2v) is 7.23. The molecule has 0 unspecified atom stereocenters. The van der Waals surface area contributed by atoms with Crippen LogP contribution in [0.15, 0.2) is 48.5 Å². The molecule has 26 heavy (non-hydrogen) atoms. The number of carbonyl (C=O) groups is 2. The minimum atomic E-state index is -0.159. The number of hydrogen-bond donors (Lipinski definition) is 1. The summed E-state index contributed by atoms with van der Waals surface area (Å²) in [5, 5.41) is 2.93. The molecule has 0 bridgehead atoms. The third-order valence-electron chi connectivity index (χ3n) is 4.98. The van der Waals surface area contributed by atoms with E-state index >= 15 is 0 Å². The molecule has 0 atom stereocenters. The molecule has 4 nitrogen and oxygen atoms in total. The minimum absolute atomic E-state index is 0.0187. The first-order valence-corrected chi connectivity index (χ1v) is 9.26. The molecule has 0 aromatic heterocycles. The zero-order chi connectivity index (χ0) is 18.5. The Hall–Kier alpha value is -2.62. The molecule has 136 valence electrons. The van der Waals surface area contributed by atoms with E-state index in [1.54, 1.807) is 24.3 Å². The summed E-state index contributed by atoms with van der Waals surface area (Å²) in [6.07, 6.45) is 2.09. The van der Waals surface area contributed by atoms with Crippen molar-refractivity contribution >= 4 is 11.8 Å². The summed E-state index contributed by atoms with van der Waals surface area (Å²) in [7, 11) is 0. The van der Waals surface area contributed by atoms with Crippen LogP contribution in [0.2, 0.25) is 0 Å². The third-order valence-corrected chi connectivity index (χ3v) is 4.98. The number of likely N-dealkylation sites (tertiary alicyclic amines) is 1. The Kier molecular flexibility index (Phi) is 5.71. The second kappa shape index (κ2) is 8.17. The predicted octanol–water partition coefficient (Wildman–Crippen LogP) is 3.80. The van der Waals surface area contributed by atoms with Crippen LogP contribution in [0, 0.1) is 12.8 Å². The molecule has 1 fully saturated rings. The lowest BCUT2D eigenvalue weighted by Gasteiger charge is -2.30. The fraction of sp³-hybridized carbons (Fsp3) is 0.364. The molecule has 3 rings (SSSR count). The number of hydrogen-bond acceptors (Lipinski definition) is 2. The predicted molar refractivity (Wildman–Crippen MR) is 103 cm³/mol. The van der Waals surface area contributed by atoms with Crippen molar-refractivity contribution in [2.24, 2.45) is 5.92 Å². The van der Waals surface area contributed by atoms with E-state index in [0.717, 1.165) is 31.5 Å². The molecule has 0 aliphatic carbocycles. The highest BCUT2D eigenvalue weighted by molar-refractivity contribution is 5.99. The van der Waals surface area contributed by atoms with Crippen molar-refractivity contribution in [3.8, 4) is 0 Å². The van der Waals surface area contributed by atoms with Crippen molar-refractivity contribution in [2.45, 2.75) is 33.2 Å². The molecule has 0 spiro atoms. The Bertz CT molecular complexity index is 792. The van der Waals surface area contributed by atoms with Crippen LogP contribution in [0.5, 0.6) is 0 Å². The van der Waals surface area contributed by atoms with Crippen molar-refractivity contribution in [1.29, 1.82) is 0 Å². The number of aryl methyl sites for hydroxylation is 1. The fourth-order valence-corrected chi connectivity index (χ4v) is 3.29. The van der Waals surface area contributed by atoms with Gasteiger partial charge in [-0.2, -0.15) is 0 Å². The number of rotatable bonds is 4. The molecule has 4 heteroatoms. The van der Waals surface area contributed by atoms with Gasteiger partial charge in [0.05, 0.1) is 0 Å². The van der Waals surface area contributed by atoms with Crippen LogP contribution in [0.3, 0.4) is 0 Å². The fourth-order valence-electron chi connectivity index (χ4n) is 3.29. The maximum atomic E-state index is 12.7. The maximum Gasteiger partial charge on any atom is 0.253 e. The Morgan fingerprint density at radius 3 is 2.46 bits per heavy atom. The van der Waals surface area contributed by atoms with E-state index in [0.29, 0.717) is 23.6 Å². The van der Waals surface area contributed by atoms with E-state index in [9.17, 15) is 9.59 Å². The summed E-state index contributed by atoms with van der Waals surface area (Å²) in [6, 6.07) is 15.1. The Labute approximate surface area is 155 Å². The average Bonchev–Trinajstić information content (AvgIpc) is 2.66. The van der Waals surface area contributed by atoms with Crippen molar-refractivity contribution in [2.75, 3.05) is 13.1 Å². The van der Waals surface area contributed by atoms with E-state index in [1.807, 2.05) is 30.0 Å². The Balaban J connectivity index is 1.64. The van der Waals surface area contributed by atoms with Gasteiger partial charge in [-0.3, -0.25) is 9.59 Å². The lowest BCUT2D eigenvalue weighted by atomic mass is 9.98. The molecule has 1 saturated heterocycles. The van der Waals surface area contributed by atoms with Gasteiger partial charge in [-0.05, 0) is 49.4 Å². The molecule has 2 amide bonds. The van der Waals surface area contributed by atoms with E-state index in [2.05, 4.69) is 18.3 Å². The molecule has 1 heterocycles. The first kappa shape index (κ1) is 18.2. The van der Waals surface area contributed by atoms with Gasteiger partial charge in [-0.15, -0.1) is 0 Å². The van der Waals surface area contributed by atoms with Gasteiger partial charge in [0, 0.05) is 30.8 Å². The normalized spacial score (nSPS) is 14.9. The maximum absolute atomic E-state index is 12.7.